The van der Waals surface area contributed by atoms with Crippen LogP contribution < -0.4 is 10.6 Å². The van der Waals surface area contributed by atoms with Crippen LogP contribution in [0, 0.1) is 0 Å². The van der Waals surface area contributed by atoms with Crippen LogP contribution in [-0.4, -0.2) is 65.7 Å². The highest BCUT2D eigenvalue weighted by molar-refractivity contribution is 6.30. The summed E-state index contributed by atoms with van der Waals surface area (Å²) in [6.07, 6.45) is 0. The number of rotatable bonds is 3. The minimum absolute atomic E-state index is 0.0138. The van der Waals surface area contributed by atoms with Crippen LogP contribution in [0.5, 0.6) is 0 Å². The average Bonchev–Trinajstić information content (AvgIpc) is 3.15. The van der Waals surface area contributed by atoms with Crippen LogP contribution in [0.4, 0.5) is 4.79 Å². The van der Waals surface area contributed by atoms with Crippen molar-refractivity contribution in [2.45, 2.75) is 12.6 Å². The highest BCUT2D eigenvalue weighted by Crippen LogP contribution is 2.22. The molecule has 1 atom stereocenters. The van der Waals surface area contributed by atoms with E-state index in [1.807, 2.05) is 12.1 Å². The lowest BCUT2D eigenvalue weighted by atomic mass is 10.1. The number of aromatic nitrogens is 1. The van der Waals surface area contributed by atoms with Gasteiger partial charge in [-0.1, -0.05) is 28.9 Å². The fourth-order valence-electron chi connectivity index (χ4n) is 3.42. The number of piperazine rings is 2. The van der Waals surface area contributed by atoms with Crippen molar-refractivity contribution >= 4 is 23.5 Å². The van der Waals surface area contributed by atoms with E-state index < -0.39 is 0 Å². The van der Waals surface area contributed by atoms with Gasteiger partial charge < -0.3 is 20.1 Å². The van der Waals surface area contributed by atoms with E-state index in [1.165, 1.54) is 0 Å². The Kier molecular flexibility index (Phi) is 5.00. The fraction of sp³-hybridized carbons (Fsp3) is 0.389. The molecule has 0 radical (unpaired) electrons. The first-order valence-corrected chi connectivity index (χ1v) is 9.24. The van der Waals surface area contributed by atoms with E-state index >= 15 is 0 Å². The predicted octanol–water partition coefficient (Wildman–Crippen LogP) is 1.32. The first-order chi connectivity index (χ1) is 13.1. The maximum Gasteiger partial charge on any atom is 0.317 e. The minimum Gasteiger partial charge on any atom is -0.359 e. The smallest absolute Gasteiger partial charge is 0.317 e. The van der Waals surface area contributed by atoms with Crippen molar-refractivity contribution in [2.75, 3.05) is 32.7 Å². The Morgan fingerprint density at radius 2 is 2.22 bits per heavy atom. The van der Waals surface area contributed by atoms with Gasteiger partial charge in [0.05, 0.1) is 6.54 Å². The van der Waals surface area contributed by atoms with E-state index in [0.717, 1.165) is 12.1 Å². The number of carbonyl (C=O) groups excluding carboxylic acids is 2. The summed E-state index contributed by atoms with van der Waals surface area (Å²) in [5.41, 5.74) is 1.51. The summed E-state index contributed by atoms with van der Waals surface area (Å²) in [6, 6.07) is 8.62. The Bertz CT molecular complexity index is 855. The number of halogens is 1. The molecule has 9 heteroatoms. The van der Waals surface area contributed by atoms with Crippen LogP contribution in [0.15, 0.2) is 34.9 Å². The number of hydrogen-bond acceptors (Lipinski definition) is 5. The second-order valence-corrected chi connectivity index (χ2v) is 7.07. The van der Waals surface area contributed by atoms with Crippen LogP contribution in [0.1, 0.15) is 5.76 Å². The summed E-state index contributed by atoms with van der Waals surface area (Å²) in [5, 5.41) is 10.3. The Labute approximate surface area is 161 Å². The molecule has 3 amide bonds. The molecule has 2 N–H and O–H groups in total. The van der Waals surface area contributed by atoms with Gasteiger partial charge >= 0.3 is 6.03 Å². The number of fused-ring (bicyclic) bond motifs is 1. The number of nitrogens with one attached hydrogen (secondary N) is 2. The summed E-state index contributed by atoms with van der Waals surface area (Å²) >= 11 is 6.00. The first kappa shape index (κ1) is 17.8. The molecule has 2 saturated heterocycles. The van der Waals surface area contributed by atoms with Crippen LogP contribution in [0.3, 0.4) is 0 Å². The monoisotopic (exact) mass is 389 g/mol. The van der Waals surface area contributed by atoms with Crippen LogP contribution >= 0.6 is 11.6 Å². The number of hydrogen-bond donors (Lipinski definition) is 2. The lowest BCUT2D eigenvalue weighted by Gasteiger charge is -2.42. The Morgan fingerprint density at radius 1 is 1.33 bits per heavy atom. The van der Waals surface area contributed by atoms with Crippen LogP contribution in [0.25, 0.3) is 11.3 Å². The number of benzene rings is 1. The third-order valence-electron chi connectivity index (χ3n) is 4.87. The molecule has 142 valence electrons. The second kappa shape index (κ2) is 7.58. The van der Waals surface area contributed by atoms with Gasteiger partial charge in [0.2, 0.25) is 5.91 Å². The molecule has 0 aliphatic carbocycles. The molecule has 2 fully saturated rings. The Balaban J connectivity index is 1.34. The van der Waals surface area contributed by atoms with Crippen molar-refractivity contribution in [1.29, 1.82) is 0 Å². The molecule has 3 heterocycles. The van der Waals surface area contributed by atoms with Gasteiger partial charge in [0.1, 0.15) is 11.7 Å². The van der Waals surface area contributed by atoms with E-state index in [4.69, 9.17) is 16.1 Å². The zero-order valence-electron chi connectivity index (χ0n) is 14.7. The van der Waals surface area contributed by atoms with Crippen molar-refractivity contribution in [3.63, 3.8) is 0 Å². The molecule has 2 aliphatic rings. The molecule has 0 unspecified atom stereocenters. The van der Waals surface area contributed by atoms with Crippen molar-refractivity contribution in [3.8, 4) is 11.3 Å². The summed E-state index contributed by atoms with van der Waals surface area (Å²) < 4.78 is 5.30. The SMILES string of the molecule is O=C1NCCN2CCN(C(=O)NCc3cc(-c4cccc(Cl)c4)no3)C[C@H]12. The van der Waals surface area contributed by atoms with Crippen LogP contribution in [0.2, 0.25) is 5.02 Å². The quantitative estimate of drug-likeness (QED) is 0.826. The third-order valence-corrected chi connectivity index (χ3v) is 5.11. The largest absolute Gasteiger partial charge is 0.359 e. The lowest BCUT2D eigenvalue weighted by molar-refractivity contribution is -0.131. The lowest BCUT2D eigenvalue weighted by Crippen LogP contribution is -2.65. The highest BCUT2D eigenvalue weighted by Gasteiger charge is 2.36. The molecule has 27 heavy (non-hydrogen) atoms. The van der Waals surface area contributed by atoms with E-state index in [-0.39, 0.29) is 24.5 Å². The maximum atomic E-state index is 12.5. The fourth-order valence-corrected chi connectivity index (χ4v) is 3.61. The van der Waals surface area contributed by atoms with Crippen LogP contribution in [-0.2, 0) is 11.3 Å². The van der Waals surface area contributed by atoms with Gasteiger partial charge in [0.25, 0.3) is 0 Å². The average molecular weight is 390 g/mol. The zero-order chi connectivity index (χ0) is 18.8. The normalized spacial score (nSPS) is 20.1. The number of amides is 3. The third kappa shape index (κ3) is 3.91. The standard InChI is InChI=1S/C18H20ClN5O3/c19-13-3-1-2-12(8-13)15-9-14(27-22-15)10-21-18(26)24-7-6-23-5-4-20-17(25)16(23)11-24/h1-3,8-9,16H,4-7,10-11H2,(H,20,25)(H,21,26)/t16-/m1/s1. The number of nitrogens with zero attached hydrogens (tertiary/aromatic N) is 3. The minimum atomic E-state index is -0.266. The summed E-state index contributed by atoms with van der Waals surface area (Å²) in [7, 11) is 0. The summed E-state index contributed by atoms with van der Waals surface area (Å²) in [6.45, 7) is 3.41. The molecular weight excluding hydrogens is 370 g/mol. The molecular formula is C18H20ClN5O3. The maximum absolute atomic E-state index is 12.5. The molecule has 4 rings (SSSR count). The van der Waals surface area contributed by atoms with Crippen molar-refractivity contribution in [1.82, 2.24) is 25.6 Å². The van der Waals surface area contributed by atoms with Gasteiger partial charge in [-0.2, -0.15) is 0 Å². The van der Waals surface area contributed by atoms with Crippen molar-refractivity contribution < 1.29 is 14.1 Å². The Hall–Kier alpha value is -2.58. The Morgan fingerprint density at radius 3 is 3.07 bits per heavy atom. The van der Waals surface area contributed by atoms with Gasteiger partial charge in [-0.3, -0.25) is 9.69 Å². The van der Waals surface area contributed by atoms with E-state index in [2.05, 4.69) is 20.7 Å². The van der Waals surface area contributed by atoms with Gasteiger partial charge in [-0.15, -0.1) is 0 Å². The number of carbonyl (C=O) groups is 2. The topological polar surface area (TPSA) is 90.7 Å². The molecule has 1 aromatic carbocycles. The van der Waals surface area contributed by atoms with Crippen molar-refractivity contribution in [3.05, 3.63) is 41.1 Å². The molecule has 2 aliphatic heterocycles. The van der Waals surface area contributed by atoms with Crippen molar-refractivity contribution in [2.24, 2.45) is 0 Å². The zero-order valence-corrected chi connectivity index (χ0v) is 15.4. The molecule has 0 spiro atoms. The molecule has 8 nitrogen and oxygen atoms in total. The highest BCUT2D eigenvalue weighted by atomic mass is 35.5. The van der Waals surface area contributed by atoms with Gasteiger partial charge in [0, 0.05) is 49.4 Å². The van der Waals surface area contributed by atoms with E-state index in [0.29, 0.717) is 42.7 Å². The summed E-state index contributed by atoms with van der Waals surface area (Å²) in [4.78, 5) is 28.2. The van der Waals surface area contributed by atoms with E-state index in [9.17, 15) is 9.59 Å². The molecule has 1 aromatic heterocycles. The second-order valence-electron chi connectivity index (χ2n) is 6.64. The number of urea groups is 1. The first-order valence-electron chi connectivity index (χ1n) is 8.86. The summed E-state index contributed by atoms with van der Waals surface area (Å²) in [5.74, 6) is 0.535. The van der Waals surface area contributed by atoms with Gasteiger partial charge in [-0.25, -0.2) is 4.79 Å². The predicted molar refractivity (Wildman–Crippen MR) is 99.1 cm³/mol. The van der Waals surface area contributed by atoms with Gasteiger partial charge in [0.15, 0.2) is 5.76 Å². The van der Waals surface area contributed by atoms with Gasteiger partial charge in [-0.05, 0) is 12.1 Å². The van der Waals surface area contributed by atoms with E-state index in [1.54, 1.807) is 23.1 Å². The molecule has 0 bridgehead atoms. The molecule has 2 aromatic rings. The molecule has 0 saturated carbocycles.